The lowest BCUT2D eigenvalue weighted by molar-refractivity contribution is 0.694. The minimum atomic E-state index is 0.164. The third kappa shape index (κ3) is 1.25. The fourth-order valence-corrected chi connectivity index (χ4v) is 3.97. The molecule has 2 heteroatoms. The van der Waals surface area contributed by atoms with Gasteiger partial charge >= 0.3 is 0 Å². The summed E-state index contributed by atoms with van der Waals surface area (Å²) in [4.78, 5) is 0.512. The predicted octanol–water partition coefficient (Wildman–Crippen LogP) is 4.14. The van der Waals surface area contributed by atoms with Crippen molar-refractivity contribution in [2.24, 2.45) is 0 Å². The molecule has 2 atom stereocenters. The van der Waals surface area contributed by atoms with Gasteiger partial charge in [-0.3, -0.25) is 0 Å². The highest BCUT2D eigenvalue weighted by atomic mass is 79.9. The Morgan fingerprint density at radius 1 is 1.42 bits per heavy atom. The Kier molecular flexibility index (Phi) is 2.08. The molecule has 0 spiro atoms. The summed E-state index contributed by atoms with van der Waals surface area (Å²) in [6, 6.07) is 8.59. The Bertz CT molecular complexity index is 304. The Morgan fingerprint density at radius 2 is 2.08 bits per heavy atom. The molecule has 1 aliphatic carbocycles. The van der Waals surface area contributed by atoms with Gasteiger partial charge in [-0.15, -0.1) is 0 Å². The van der Waals surface area contributed by atoms with Crippen LogP contribution in [-0.2, 0) is 4.32 Å². The second-order valence-corrected chi connectivity index (χ2v) is 6.31. The molecule has 0 amide bonds. The maximum absolute atomic E-state index is 3.75. The molecule has 0 aromatic heterocycles. The lowest BCUT2D eigenvalue weighted by Gasteiger charge is -2.15. The standard InChI is InChI=1S/C10H10Br2/c1-10(12)6-9(11)7-4-2-3-5-8(7)10/h2-5,9H,6H2,1H3. The number of rotatable bonds is 0. The molecule has 64 valence electrons. The maximum atomic E-state index is 3.75. The van der Waals surface area contributed by atoms with Gasteiger partial charge in [-0.05, 0) is 24.5 Å². The van der Waals surface area contributed by atoms with Crippen molar-refractivity contribution in [2.45, 2.75) is 22.5 Å². The molecule has 0 saturated heterocycles. The summed E-state index contributed by atoms with van der Waals surface area (Å²) in [5, 5.41) is 0. The summed E-state index contributed by atoms with van der Waals surface area (Å²) in [5.41, 5.74) is 2.85. The molecule has 1 aromatic carbocycles. The van der Waals surface area contributed by atoms with Gasteiger partial charge in [-0.2, -0.15) is 0 Å². The van der Waals surface area contributed by atoms with Gasteiger partial charge in [0.25, 0.3) is 0 Å². The Morgan fingerprint density at radius 3 is 2.75 bits per heavy atom. The second-order valence-electron chi connectivity index (χ2n) is 3.46. The quantitative estimate of drug-likeness (QED) is 0.630. The molecular weight excluding hydrogens is 280 g/mol. The van der Waals surface area contributed by atoms with Gasteiger partial charge in [-0.25, -0.2) is 0 Å². The van der Waals surface area contributed by atoms with E-state index in [4.69, 9.17) is 0 Å². The number of hydrogen-bond donors (Lipinski definition) is 0. The molecule has 2 rings (SSSR count). The fraction of sp³-hybridized carbons (Fsp3) is 0.400. The van der Waals surface area contributed by atoms with Crippen molar-refractivity contribution in [2.75, 3.05) is 0 Å². The third-order valence-electron chi connectivity index (χ3n) is 2.42. The van der Waals surface area contributed by atoms with Crippen LogP contribution in [0, 0.1) is 0 Å². The van der Waals surface area contributed by atoms with E-state index in [1.165, 1.54) is 11.1 Å². The molecule has 0 radical (unpaired) electrons. The Balaban J connectivity index is 2.58. The third-order valence-corrected chi connectivity index (χ3v) is 3.99. The fourth-order valence-electron chi connectivity index (χ4n) is 1.80. The summed E-state index contributed by atoms with van der Waals surface area (Å²) < 4.78 is 0.164. The van der Waals surface area contributed by atoms with Gasteiger partial charge in [0, 0.05) is 9.15 Å². The molecule has 0 aliphatic heterocycles. The zero-order valence-corrected chi connectivity index (χ0v) is 10.0. The number of hydrogen-bond acceptors (Lipinski definition) is 0. The van der Waals surface area contributed by atoms with Gasteiger partial charge in [0.2, 0.25) is 0 Å². The Hall–Kier alpha value is 0.180. The maximum Gasteiger partial charge on any atom is 0.0494 e. The van der Waals surface area contributed by atoms with E-state index in [9.17, 15) is 0 Å². The average molecular weight is 290 g/mol. The second kappa shape index (κ2) is 2.85. The summed E-state index contributed by atoms with van der Waals surface area (Å²) in [6.45, 7) is 2.23. The van der Waals surface area contributed by atoms with Crippen molar-refractivity contribution in [1.29, 1.82) is 0 Å². The first-order valence-electron chi connectivity index (χ1n) is 4.04. The van der Waals surface area contributed by atoms with Gasteiger partial charge in [0.15, 0.2) is 0 Å². The van der Waals surface area contributed by atoms with Crippen molar-refractivity contribution in [3.63, 3.8) is 0 Å². The number of fused-ring (bicyclic) bond motifs is 1. The van der Waals surface area contributed by atoms with Crippen molar-refractivity contribution in [3.8, 4) is 0 Å². The molecule has 0 nitrogen and oxygen atoms in total. The monoisotopic (exact) mass is 288 g/mol. The molecule has 0 fully saturated rings. The smallest absolute Gasteiger partial charge is 0.0494 e. The molecule has 2 unspecified atom stereocenters. The zero-order valence-electron chi connectivity index (χ0n) is 6.85. The van der Waals surface area contributed by atoms with E-state index in [1.54, 1.807) is 0 Å². The van der Waals surface area contributed by atoms with Crippen LogP contribution >= 0.6 is 31.9 Å². The van der Waals surface area contributed by atoms with Crippen LogP contribution in [-0.4, -0.2) is 0 Å². The molecule has 12 heavy (non-hydrogen) atoms. The SMILES string of the molecule is CC1(Br)CC(Br)c2ccccc21. The van der Waals surface area contributed by atoms with Crippen LogP contribution in [0.4, 0.5) is 0 Å². The first-order valence-corrected chi connectivity index (χ1v) is 5.74. The highest BCUT2D eigenvalue weighted by Crippen LogP contribution is 2.51. The highest BCUT2D eigenvalue weighted by Gasteiger charge is 2.36. The molecule has 0 heterocycles. The van der Waals surface area contributed by atoms with Crippen LogP contribution in [0.5, 0.6) is 0 Å². The first kappa shape index (κ1) is 8.76. The molecular formula is C10H10Br2. The van der Waals surface area contributed by atoms with Gasteiger partial charge < -0.3 is 0 Å². The molecule has 0 bridgehead atoms. The van der Waals surface area contributed by atoms with Crippen LogP contribution in [0.2, 0.25) is 0 Å². The summed E-state index contributed by atoms with van der Waals surface area (Å²) in [6.07, 6.45) is 1.13. The lowest BCUT2D eigenvalue weighted by atomic mass is 10.0. The van der Waals surface area contributed by atoms with Crippen LogP contribution in [0.15, 0.2) is 24.3 Å². The molecule has 0 N–H and O–H groups in total. The summed E-state index contributed by atoms with van der Waals surface area (Å²) in [5.74, 6) is 0. The van der Waals surface area contributed by atoms with E-state index < -0.39 is 0 Å². The largest absolute Gasteiger partial charge is 0.0838 e. The van der Waals surface area contributed by atoms with E-state index in [2.05, 4.69) is 63.0 Å². The van der Waals surface area contributed by atoms with Crippen LogP contribution < -0.4 is 0 Å². The van der Waals surface area contributed by atoms with Crippen molar-refractivity contribution in [1.82, 2.24) is 0 Å². The van der Waals surface area contributed by atoms with Gasteiger partial charge in [-0.1, -0.05) is 56.1 Å². The van der Waals surface area contributed by atoms with E-state index in [0.717, 1.165) is 6.42 Å². The van der Waals surface area contributed by atoms with E-state index >= 15 is 0 Å². The molecule has 1 aromatic rings. The number of halogens is 2. The van der Waals surface area contributed by atoms with Gasteiger partial charge in [0.05, 0.1) is 0 Å². The van der Waals surface area contributed by atoms with E-state index in [1.807, 2.05) is 0 Å². The molecule has 0 saturated carbocycles. The minimum absolute atomic E-state index is 0.164. The first-order chi connectivity index (χ1) is 5.61. The number of benzene rings is 1. The lowest BCUT2D eigenvalue weighted by Crippen LogP contribution is -2.06. The zero-order chi connectivity index (χ0) is 8.77. The normalized spacial score (nSPS) is 33.4. The van der Waals surface area contributed by atoms with Crippen molar-refractivity contribution in [3.05, 3.63) is 35.4 Å². The van der Waals surface area contributed by atoms with Crippen molar-refractivity contribution < 1.29 is 0 Å². The highest BCUT2D eigenvalue weighted by molar-refractivity contribution is 9.10. The van der Waals surface area contributed by atoms with Crippen LogP contribution in [0.25, 0.3) is 0 Å². The number of alkyl halides is 2. The predicted molar refractivity (Wildman–Crippen MR) is 59.0 cm³/mol. The van der Waals surface area contributed by atoms with E-state index in [-0.39, 0.29) is 4.32 Å². The van der Waals surface area contributed by atoms with Gasteiger partial charge in [0.1, 0.15) is 0 Å². The minimum Gasteiger partial charge on any atom is -0.0838 e. The van der Waals surface area contributed by atoms with Crippen molar-refractivity contribution >= 4 is 31.9 Å². The van der Waals surface area contributed by atoms with E-state index in [0.29, 0.717) is 4.83 Å². The summed E-state index contributed by atoms with van der Waals surface area (Å²) >= 11 is 7.43. The summed E-state index contributed by atoms with van der Waals surface area (Å²) in [7, 11) is 0. The molecule has 1 aliphatic rings. The van der Waals surface area contributed by atoms with Crippen LogP contribution in [0.1, 0.15) is 29.3 Å². The average Bonchev–Trinajstić information content (AvgIpc) is 2.25. The van der Waals surface area contributed by atoms with Crippen LogP contribution in [0.3, 0.4) is 0 Å². The Labute approximate surface area is 89.6 Å². The topological polar surface area (TPSA) is 0 Å².